The molecule has 0 fully saturated rings. The molecular formula is C10H22ClN2O2+. The van der Waals surface area contributed by atoms with Gasteiger partial charge in [-0.1, -0.05) is 0 Å². The van der Waals surface area contributed by atoms with Crippen LogP contribution in [0.4, 0.5) is 0 Å². The van der Waals surface area contributed by atoms with Crippen LogP contribution in [0.1, 0.15) is 20.3 Å². The summed E-state index contributed by atoms with van der Waals surface area (Å²) < 4.78 is 5.88. The number of ether oxygens (including phenoxy) is 1. The van der Waals surface area contributed by atoms with Gasteiger partial charge < -0.3 is 9.22 Å². The van der Waals surface area contributed by atoms with E-state index in [1.807, 2.05) is 13.8 Å². The summed E-state index contributed by atoms with van der Waals surface area (Å²) in [6.07, 6.45) is 0.271. The summed E-state index contributed by atoms with van der Waals surface area (Å²) in [5.41, 5.74) is -0.421. The number of nitrogens with zero attached hydrogens (tertiary/aromatic N) is 1. The molecule has 15 heavy (non-hydrogen) atoms. The topological polar surface area (TPSA) is 38.3 Å². The molecule has 0 rings (SSSR count). The van der Waals surface area contributed by atoms with E-state index in [2.05, 4.69) is 26.0 Å². The molecule has 0 saturated carbocycles. The fourth-order valence-corrected chi connectivity index (χ4v) is 0.945. The van der Waals surface area contributed by atoms with Gasteiger partial charge in [0.1, 0.15) is 13.2 Å². The second kappa shape index (κ2) is 5.68. The summed E-state index contributed by atoms with van der Waals surface area (Å²) in [5, 5.41) is 0. The van der Waals surface area contributed by atoms with Gasteiger partial charge in [-0.3, -0.25) is 4.79 Å². The molecule has 0 bridgehead atoms. The third-order valence-corrected chi connectivity index (χ3v) is 2.38. The molecule has 90 valence electrons. The second-order valence-corrected chi connectivity index (χ2v) is 5.58. The Balaban J connectivity index is 3.77. The summed E-state index contributed by atoms with van der Waals surface area (Å²) in [6, 6.07) is 0. The molecule has 0 aliphatic carbocycles. The molecule has 0 aromatic heterocycles. The Morgan fingerprint density at radius 1 is 1.40 bits per heavy atom. The zero-order valence-electron chi connectivity index (χ0n) is 10.3. The number of esters is 1. The molecule has 0 aromatic carbocycles. The Labute approximate surface area is 97.2 Å². The molecule has 0 spiro atoms. The Hall–Kier alpha value is -0.320. The summed E-state index contributed by atoms with van der Waals surface area (Å²) in [4.78, 5) is 13.9. The van der Waals surface area contributed by atoms with Crippen LogP contribution < -0.4 is 4.84 Å². The van der Waals surface area contributed by atoms with Crippen LogP contribution >= 0.6 is 11.8 Å². The Morgan fingerprint density at radius 2 is 1.93 bits per heavy atom. The lowest BCUT2D eigenvalue weighted by Gasteiger charge is -2.24. The van der Waals surface area contributed by atoms with Gasteiger partial charge in [0.2, 0.25) is 0 Å². The molecule has 0 radical (unpaired) electrons. The molecule has 0 atom stereocenters. The van der Waals surface area contributed by atoms with Crippen LogP contribution in [0, 0.1) is 0 Å². The largest absolute Gasteiger partial charge is 0.460 e. The van der Waals surface area contributed by atoms with E-state index < -0.39 is 5.54 Å². The predicted molar refractivity (Wildman–Crippen MR) is 61.5 cm³/mol. The minimum Gasteiger partial charge on any atom is -0.460 e. The zero-order chi connectivity index (χ0) is 12.1. The number of nitrogens with one attached hydrogen (secondary N) is 1. The van der Waals surface area contributed by atoms with E-state index in [1.165, 1.54) is 0 Å². The highest BCUT2D eigenvalue weighted by atomic mass is 35.5. The van der Waals surface area contributed by atoms with Gasteiger partial charge in [-0.25, -0.2) is 4.84 Å². The van der Waals surface area contributed by atoms with Crippen molar-refractivity contribution in [2.24, 2.45) is 0 Å². The second-order valence-electron chi connectivity index (χ2n) is 5.39. The summed E-state index contributed by atoms with van der Waals surface area (Å²) in [7, 11) is 6.16. The first-order chi connectivity index (χ1) is 6.66. The molecule has 5 heteroatoms. The first-order valence-corrected chi connectivity index (χ1v) is 5.38. The van der Waals surface area contributed by atoms with Gasteiger partial charge in [-0.15, -0.1) is 0 Å². The molecule has 1 N–H and O–H groups in total. The maximum Gasteiger partial charge on any atom is 0.307 e. The normalized spacial score (nSPS) is 12.7. The molecule has 0 aromatic rings. The number of likely N-dealkylation sites (N-methyl/N-ethyl adjacent to an activating group) is 1. The van der Waals surface area contributed by atoms with Gasteiger partial charge in [-0.2, -0.15) is 0 Å². The van der Waals surface area contributed by atoms with Gasteiger partial charge in [0.15, 0.2) is 0 Å². The lowest BCUT2D eigenvalue weighted by molar-refractivity contribution is -0.870. The van der Waals surface area contributed by atoms with E-state index >= 15 is 0 Å². The van der Waals surface area contributed by atoms with E-state index in [4.69, 9.17) is 16.5 Å². The molecule has 0 unspecified atom stereocenters. The van der Waals surface area contributed by atoms with Gasteiger partial charge in [-0.05, 0) is 25.6 Å². The molecule has 0 amide bonds. The van der Waals surface area contributed by atoms with Crippen molar-refractivity contribution in [3.05, 3.63) is 0 Å². The molecule has 0 aliphatic heterocycles. The number of carbonyl (C=O) groups excluding carboxylic acids is 1. The van der Waals surface area contributed by atoms with Crippen molar-refractivity contribution in [1.82, 2.24) is 4.84 Å². The average molecular weight is 238 g/mol. The number of halogens is 1. The fraction of sp³-hybridized carbons (Fsp3) is 0.900. The quantitative estimate of drug-likeness (QED) is 0.428. The summed E-state index contributed by atoms with van der Waals surface area (Å²) in [5.74, 6) is -0.221. The fourth-order valence-electron chi connectivity index (χ4n) is 0.879. The van der Waals surface area contributed by atoms with Crippen molar-refractivity contribution >= 4 is 17.7 Å². The standard InChI is InChI=1S/C10H22ClN2O2/c1-10(2,12-11)8-9(14)15-7-6-13(3,4)5/h12H,6-8H2,1-5H3/q+1. The third-order valence-electron chi connectivity index (χ3n) is 1.87. The molecule has 0 aliphatic rings. The number of rotatable bonds is 6. The minimum absolute atomic E-state index is 0.221. The lowest BCUT2D eigenvalue weighted by atomic mass is 10.0. The van der Waals surface area contributed by atoms with Crippen molar-refractivity contribution in [2.45, 2.75) is 25.8 Å². The SMILES string of the molecule is CC(C)(CC(=O)OCC[N+](C)(C)C)NCl. The number of hydrogen-bond acceptors (Lipinski definition) is 3. The smallest absolute Gasteiger partial charge is 0.307 e. The third kappa shape index (κ3) is 8.66. The van der Waals surface area contributed by atoms with Gasteiger partial charge >= 0.3 is 5.97 Å². The van der Waals surface area contributed by atoms with Crippen molar-refractivity contribution in [1.29, 1.82) is 0 Å². The van der Waals surface area contributed by atoms with Crippen molar-refractivity contribution in [3.8, 4) is 0 Å². The highest BCUT2D eigenvalue weighted by molar-refractivity contribution is 6.14. The van der Waals surface area contributed by atoms with E-state index in [1.54, 1.807) is 0 Å². The molecule has 0 heterocycles. The van der Waals surface area contributed by atoms with E-state index in [0.717, 1.165) is 11.0 Å². The van der Waals surface area contributed by atoms with Crippen LogP contribution in [0.15, 0.2) is 0 Å². The van der Waals surface area contributed by atoms with Crippen LogP contribution in [0.25, 0.3) is 0 Å². The number of hydrogen-bond donors (Lipinski definition) is 1. The van der Waals surface area contributed by atoms with Gasteiger partial charge in [0, 0.05) is 5.54 Å². The minimum atomic E-state index is -0.421. The Bertz CT molecular complexity index is 212. The van der Waals surface area contributed by atoms with Crippen molar-refractivity contribution < 1.29 is 14.0 Å². The van der Waals surface area contributed by atoms with Crippen molar-refractivity contribution in [2.75, 3.05) is 34.3 Å². The monoisotopic (exact) mass is 237 g/mol. The summed E-state index contributed by atoms with van der Waals surface area (Å²) >= 11 is 5.48. The van der Waals surface area contributed by atoms with Crippen LogP contribution in [-0.2, 0) is 9.53 Å². The highest BCUT2D eigenvalue weighted by Crippen LogP contribution is 2.10. The van der Waals surface area contributed by atoms with Crippen LogP contribution in [0.2, 0.25) is 0 Å². The number of quaternary nitrogens is 1. The predicted octanol–water partition coefficient (Wildman–Crippen LogP) is 1.15. The Morgan fingerprint density at radius 3 is 2.33 bits per heavy atom. The average Bonchev–Trinajstić information content (AvgIpc) is 2.00. The maximum atomic E-state index is 11.4. The van der Waals surface area contributed by atoms with Gasteiger partial charge in [0.05, 0.1) is 27.6 Å². The highest BCUT2D eigenvalue weighted by Gasteiger charge is 2.22. The first-order valence-electron chi connectivity index (χ1n) is 5.00. The van der Waals surface area contributed by atoms with Crippen LogP contribution in [-0.4, -0.2) is 50.3 Å². The lowest BCUT2D eigenvalue weighted by Crippen LogP contribution is -2.39. The van der Waals surface area contributed by atoms with E-state index in [9.17, 15) is 4.79 Å². The maximum absolute atomic E-state index is 11.4. The van der Waals surface area contributed by atoms with E-state index in [-0.39, 0.29) is 12.4 Å². The van der Waals surface area contributed by atoms with Crippen LogP contribution in [0.5, 0.6) is 0 Å². The number of carbonyl (C=O) groups is 1. The Kier molecular flexibility index (Phi) is 5.56. The molecular weight excluding hydrogens is 216 g/mol. The van der Waals surface area contributed by atoms with Crippen molar-refractivity contribution in [3.63, 3.8) is 0 Å². The zero-order valence-corrected chi connectivity index (χ0v) is 11.0. The molecule has 4 nitrogen and oxygen atoms in total. The van der Waals surface area contributed by atoms with E-state index in [0.29, 0.717) is 6.61 Å². The molecule has 0 saturated heterocycles. The summed E-state index contributed by atoms with van der Waals surface area (Å²) in [6.45, 7) is 4.95. The first kappa shape index (κ1) is 14.7. The van der Waals surface area contributed by atoms with Gasteiger partial charge in [0.25, 0.3) is 0 Å². The van der Waals surface area contributed by atoms with Crippen LogP contribution in [0.3, 0.4) is 0 Å².